The van der Waals surface area contributed by atoms with Gasteiger partial charge in [-0.25, -0.2) is 18.6 Å². The molecule has 3 aromatic carbocycles. The predicted molar refractivity (Wildman–Crippen MR) is 122 cm³/mol. The van der Waals surface area contributed by atoms with Gasteiger partial charge in [-0.3, -0.25) is 9.10 Å². The van der Waals surface area contributed by atoms with Crippen LogP contribution in [0.25, 0.3) is 0 Å². The topological polar surface area (TPSA) is 116 Å². The molecule has 35 heavy (non-hydrogen) atoms. The molecule has 0 bridgehead atoms. The second-order valence-electron chi connectivity index (χ2n) is 7.09. The smallest absolute Gasteiger partial charge is 0.416 e. The molecule has 0 heterocycles. The van der Waals surface area contributed by atoms with Gasteiger partial charge in [0.25, 0.3) is 15.9 Å². The molecule has 8 nitrogen and oxygen atoms in total. The summed E-state index contributed by atoms with van der Waals surface area (Å²) >= 11 is 0. The maximum Gasteiger partial charge on any atom is 0.416 e. The number of amides is 1. The minimum Gasteiger partial charge on any atom is -0.478 e. The molecule has 0 spiro atoms. The summed E-state index contributed by atoms with van der Waals surface area (Å²) in [4.78, 5) is 23.2. The minimum absolute atomic E-state index is 0.0500. The molecule has 12 heteroatoms. The van der Waals surface area contributed by atoms with Crippen LogP contribution in [0.3, 0.4) is 0 Å². The molecule has 0 atom stereocenters. The van der Waals surface area contributed by atoms with Crippen LogP contribution in [0, 0.1) is 0 Å². The van der Waals surface area contributed by atoms with Crippen molar-refractivity contribution in [3.8, 4) is 0 Å². The zero-order valence-electron chi connectivity index (χ0n) is 17.8. The molecule has 0 saturated carbocycles. The highest BCUT2D eigenvalue weighted by molar-refractivity contribution is 7.92. The van der Waals surface area contributed by atoms with Crippen molar-refractivity contribution in [1.82, 2.24) is 5.43 Å². The number of anilines is 1. The van der Waals surface area contributed by atoms with Crippen LogP contribution in [0.5, 0.6) is 0 Å². The van der Waals surface area contributed by atoms with Crippen LogP contribution in [0.4, 0.5) is 18.9 Å². The molecular weight excluding hydrogens is 487 g/mol. The molecule has 0 saturated heterocycles. The normalized spacial score (nSPS) is 11.9. The van der Waals surface area contributed by atoms with Crippen molar-refractivity contribution in [3.05, 3.63) is 95.6 Å². The van der Waals surface area contributed by atoms with E-state index in [1.165, 1.54) is 54.7 Å². The Morgan fingerprint density at radius 1 is 0.971 bits per heavy atom. The van der Waals surface area contributed by atoms with E-state index in [4.69, 9.17) is 5.11 Å². The number of benzene rings is 3. The number of carbonyl (C=O) groups is 2. The number of hydrazone groups is 1. The summed E-state index contributed by atoms with van der Waals surface area (Å²) in [6, 6.07) is 16.1. The van der Waals surface area contributed by atoms with Gasteiger partial charge in [0.15, 0.2) is 0 Å². The van der Waals surface area contributed by atoms with E-state index in [-0.39, 0.29) is 16.1 Å². The molecule has 3 rings (SSSR count). The molecule has 0 unspecified atom stereocenters. The predicted octanol–water partition coefficient (Wildman–Crippen LogP) is 3.75. The van der Waals surface area contributed by atoms with Crippen molar-refractivity contribution < 1.29 is 36.3 Å². The average molecular weight is 505 g/mol. The first-order valence-electron chi connectivity index (χ1n) is 9.89. The molecule has 182 valence electrons. The lowest BCUT2D eigenvalue weighted by molar-refractivity contribution is -0.137. The number of hydrogen-bond donors (Lipinski definition) is 2. The Kier molecular flexibility index (Phi) is 7.55. The van der Waals surface area contributed by atoms with Crippen LogP contribution in [-0.2, 0) is 21.0 Å². The summed E-state index contributed by atoms with van der Waals surface area (Å²) < 4.78 is 66.6. The van der Waals surface area contributed by atoms with Crippen LogP contribution < -0.4 is 9.73 Å². The maximum atomic E-state index is 13.2. The van der Waals surface area contributed by atoms with Gasteiger partial charge >= 0.3 is 12.1 Å². The van der Waals surface area contributed by atoms with Crippen molar-refractivity contribution in [2.75, 3.05) is 10.8 Å². The van der Waals surface area contributed by atoms with Gasteiger partial charge in [-0.1, -0.05) is 36.4 Å². The summed E-state index contributed by atoms with van der Waals surface area (Å²) in [6.45, 7) is -0.853. The fraction of sp³-hybridized carbons (Fsp3) is 0.0870. The quantitative estimate of drug-likeness (QED) is 0.357. The summed E-state index contributed by atoms with van der Waals surface area (Å²) in [5.74, 6) is -2.03. The molecular formula is C23H18F3N3O5S. The number of alkyl halides is 3. The van der Waals surface area contributed by atoms with Crippen LogP contribution in [0.2, 0.25) is 0 Å². The number of sulfonamides is 1. The van der Waals surface area contributed by atoms with E-state index in [0.29, 0.717) is 15.9 Å². The molecule has 0 aromatic heterocycles. The van der Waals surface area contributed by atoms with E-state index in [9.17, 15) is 31.2 Å². The molecule has 2 N–H and O–H groups in total. The standard InChI is InChI=1S/C23H18F3N3O5S/c24-23(25,26)18-5-4-6-19(13-18)29(35(33,34)20-7-2-1-3-8-20)15-21(30)28-27-14-16-9-11-17(12-10-16)22(31)32/h1-14H,15H2,(H,28,30)(H,31,32)/b27-14-. The van der Waals surface area contributed by atoms with Crippen molar-refractivity contribution in [3.63, 3.8) is 0 Å². The Morgan fingerprint density at radius 2 is 1.63 bits per heavy atom. The summed E-state index contributed by atoms with van der Waals surface area (Å²) in [6.07, 6.45) is -3.52. The molecule has 3 aromatic rings. The number of carboxylic acids is 1. The van der Waals surface area contributed by atoms with Gasteiger partial charge in [0, 0.05) is 0 Å². The Hall–Kier alpha value is -4.19. The number of rotatable bonds is 8. The van der Waals surface area contributed by atoms with Crippen molar-refractivity contribution in [1.29, 1.82) is 0 Å². The number of carboxylic acid groups (broad SMARTS) is 1. The van der Waals surface area contributed by atoms with Crippen LogP contribution >= 0.6 is 0 Å². The van der Waals surface area contributed by atoms with E-state index in [1.54, 1.807) is 6.07 Å². The maximum absolute atomic E-state index is 13.2. The Labute approximate surface area is 198 Å². The Balaban J connectivity index is 1.86. The number of nitrogens with zero attached hydrogens (tertiary/aromatic N) is 2. The highest BCUT2D eigenvalue weighted by Crippen LogP contribution is 2.33. The van der Waals surface area contributed by atoms with Gasteiger partial charge < -0.3 is 5.11 Å². The Bertz CT molecular complexity index is 1340. The first kappa shape index (κ1) is 25.4. The minimum atomic E-state index is -4.72. The number of nitrogens with one attached hydrogen (secondary N) is 1. The highest BCUT2D eigenvalue weighted by atomic mass is 32.2. The SMILES string of the molecule is O=C(CN(c1cccc(C(F)(F)F)c1)S(=O)(=O)c1ccccc1)N/N=C\c1ccc(C(=O)O)cc1. The lowest BCUT2D eigenvalue weighted by Gasteiger charge is -2.24. The van der Waals surface area contributed by atoms with Crippen LogP contribution in [-0.4, -0.2) is 38.2 Å². The zero-order chi connectivity index (χ0) is 25.6. The van der Waals surface area contributed by atoms with Gasteiger partial charge in [-0.15, -0.1) is 0 Å². The molecule has 1 amide bonds. The second kappa shape index (κ2) is 10.4. The van der Waals surface area contributed by atoms with Crippen molar-refractivity contribution in [2.45, 2.75) is 11.1 Å². The largest absolute Gasteiger partial charge is 0.478 e. The molecule has 0 fully saturated rings. The van der Waals surface area contributed by atoms with Crippen molar-refractivity contribution in [2.24, 2.45) is 5.10 Å². The fourth-order valence-corrected chi connectivity index (χ4v) is 4.36. The van der Waals surface area contributed by atoms with Crippen molar-refractivity contribution >= 4 is 33.8 Å². The third-order valence-corrected chi connectivity index (χ3v) is 6.43. The molecule has 0 radical (unpaired) electrons. The molecule has 0 aliphatic rings. The average Bonchev–Trinajstić information content (AvgIpc) is 2.83. The first-order valence-corrected chi connectivity index (χ1v) is 11.3. The van der Waals surface area contributed by atoms with Gasteiger partial charge in [-0.2, -0.15) is 18.3 Å². The monoisotopic (exact) mass is 505 g/mol. The molecule has 0 aliphatic heterocycles. The third-order valence-electron chi connectivity index (χ3n) is 4.64. The number of aromatic carboxylic acids is 1. The lowest BCUT2D eigenvalue weighted by atomic mass is 10.1. The highest BCUT2D eigenvalue weighted by Gasteiger charge is 2.33. The summed E-state index contributed by atoms with van der Waals surface area (Å²) in [7, 11) is -4.40. The zero-order valence-corrected chi connectivity index (χ0v) is 18.6. The van der Waals surface area contributed by atoms with Crippen LogP contribution in [0.1, 0.15) is 21.5 Å². The summed E-state index contributed by atoms with van der Waals surface area (Å²) in [5, 5.41) is 12.6. The van der Waals surface area contributed by atoms with Gasteiger partial charge in [0.05, 0.1) is 27.9 Å². The van der Waals surface area contributed by atoms with E-state index in [1.807, 2.05) is 0 Å². The first-order chi connectivity index (χ1) is 16.5. The van der Waals surface area contributed by atoms with Gasteiger partial charge in [-0.05, 0) is 48.0 Å². The van der Waals surface area contributed by atoms with Crippen LogP contribution in [0.15, 0.2) is 88.9 Å². The number of halogens is 3. The van der Waals surface area contributed by atoms with E-state index in [0.717, 1.165) is 18.2 Å². The summed E-state index contributed by atoms with van der Waals surface area (Å²) in [5.41, 5.74) is 1.19. The number of carbonyl (C=O) groups excluding carboxylic acids is 1. The van der Waals surface area contributed by atoms with Gasteiger partial charge in [0.2, 0.25) is 0 Å². The van der Waals surface area contributed by atoms with E-state index >= 15 is 0 Å². The third kappa shape index (κ3) is 6.44. The van der Waals surface area contributed by atoms with E-state index in [2.05, 4.69) is 10.5 Å². The second-order valence-corrected chi connectivity index (χ2v) is 8.96. The lowest BCUT2D eigenvalue weighted by Crippen LogP contribution is -2.39. The molecule has 0 aliphatic carbocycles. The van der Waals surface area contributed by atoms with E-state index < -0.39 is 40.2 Å². The number of hydrogen-bond acceptors (Lipinski definition) is 5. The fourth-order valence-electron chi connectivity index (χ4n) is 2.93. The van der Waals surface area contributed by atoms with Gasteiger partial charge in [0.1, 0.15) is 6.54 Å². The Morgan fingerprint density at radius 3 is 2.23 bits per heavy atom.